The smallest absolute Gasteiger partial charge is 0.284 e. The summed E-state index contributed by atoms with van der Waals surface area (Å²) in [7, 11) is 2.10. The van der Waals surface area contributed by atoms with E-state index in [4.69, 9.17) is 13.9 Å². The van der Waals surface area contributed by atoms with Gasteiger partial charge in [0, 0.05) is 87.3 Å². The number of alkyl halides is 2. The fourth-order valence-electron chi connectivity index (χ4n) is 8.93. The lowest BCUT2D eigenvalue weighted by Gasteiger charge is -2.31. The Hall–Kier alpha value is -6.05. The monoisotopic (exact) mass is 884 g/mol. The number of hydrogen-bond acceptors (Lipinski definition) is 13. The molecule has 4 amide bonds. The van der Waals surface area contributed by atoms with E-state index < -0.39 is 30.0 Å². The number of nitrogens with zero attached hydrogens (tertiary/aromatic N) is 7. The fourth-order valence-corrected chi connectivity index (χ4v) is 8.93. The van der Waals surface area contributed by atoms with Crippen LogP contribution in [0.5, 0.6) is 0 Å². The van der Waals surface area contributed by atoms with Crippen LogP contribution in [0, 0.1) is 5.92 Å². The number of amides is 4. The highest BCUT2D eigenvalue weighted by Gasteiger charge is 2.42. The zero-order valence-electron chi connectivity index (χ0n) is 35.9. The minimum absolute atomic E-state index is 0.0429. The van der Waals surface area contributed by atoms with Crippen LogP contribution in [0.1, 0.15) is 95.9 Å². The molecule has 1 aromatic carbocycles. The third-order valence-corrected chi connectivity index (χ3v) is 12.3. The third-order valence-electron chi connectivity index (χ3n) is 12.3. The first-order valence-corrected chi connectivity index (χ1v) is 22.0. The number of hydrogen-bond donors (Lipinski definition) is 3. The van der Waals surface area contributed by atoms with Gasteiger partial charge in [-0.15, -0.1) is 0 Å². The number of ether oxygens (including phenoxy) is 2. The predicted molar refractivity (Wildman–Crippen MR) is 233 cm³/mol. The van der Waals surface area contributed by atoms with Crippen LogP contribution in [-0.4, -0.2) is 125 Å². The number of oxazole rings is 1. The van der Waals surface area contributed by atoms with E-state index in [1.54, 1.807) is 16.9 Å². The van der Waals surface area contributed by atoms with Gasteiger partial charge in [0.15, 0.2) is 11.4 Å². The summed E-state index contributed by atoms with van der Waals surface area (Å²) in [6.45, 7) is 10.2. The van der Waals surface area contributed by atoms with E-state index in [1.807, 2.05) is 24.3 Å². The zero-order valence-corrected chi connectivity index (χ0v) is 35.9. The van der Waals surface area contributed by atoms with E-state index in [0.29, 0.717) is 80.1 Å². The molecule has 3 N–H and O–H groups in total. The molecule has 3 aromatic heterocycles. The minimum atomic E-state index is -2.88. The first kappa shape index (κ1) is 44.6. The maximum atomic E-state index is 14.2. The molecule has 2 saturated heterocycles. The Morgan fingerprint density at radius 2 is 1.86 bits per heavy atom. The Kier molecular flexibility index (Phi) is 14.1. The standard InChI is InChI=1S/C45H54F2N10O7/c1-28-32-6-3-7-33(39(32)45(61)57(28)36-12-13-38(58)52-43(36)60)48-15-4-20-62-21-5-17-54(2)25-29-8-10-31(11-9-29)56-26-34(40(53-56)41(46)47)50-42(59)35-27-64-44(51-35)30-14-16-49-37(24-30)55-18-22-63-23-19-55/h3,6-7,14,16,24,26-27,29,31,36,41,48H,1,4-5,8-13,15,17-23,25H2,2H3,(H,50,59)(H,52,58,60). The molecule has 19 heteroatoms. The summed E-state index contributed by atoms with van der Waals surface area (Å²) < 4.78 is 46.9. The van der Waals surface area contributed by atoms with E-state index in [2.05, 4.69) is 54.4 Å². The van der Waals surface area contributed by atoms with Crippen LogP contribution in [0.3, 0.4) is 0 Å². The Morgan fingerprint density at radius 3 is 2.64 bits per heavy atom. The topological polar surface area (TPSA) is 189 Å². The number of imide groups is 1. The van der Waals surface area contributed by atoms with Gasteiger partial charge in [0.25, 0.3) is 18.2 Å². The first-order chi connectivity index (χ1) is 31.0. The SMILES string of the molecule is C=C1c2cccc(NCCCOCCCN(C)CC3CCC(n4cc(NC(=O)c5coc(-c6ccnc(N7CCOCC7)c6)n5)c(C(F)F)n4)CC3)c2C(=O)N1C1CCC(=O)NC1=O. The second-order valence-electron chi connectivity index (χ2n) is 16.7. The number of carbonyl (C=O) groups is 4. The van der Waals surface area contributed by atoms with Gasteiger partial charge in [0.1, 0.15) is 18.1 Å². The molecule has 1 unspecified atom stereocenters. The van der Waals surface area contributed by atoms with Crippen LogP contribution in [-0.2, 0) is 19.1 Å². The Balaban J connectivity index is 0.731. The summed E-state index contributed by atoms with van der Waals surface area (Å²) in [5, 5.41) is 12.5. The van der Waals surface area contributed by atoms with Crippen molar-refractivity contribution in [1.29, 1.82) is 0 Å². The lowest BCUT2D eigenvalue weighted by atomic mass is 9.86. The number of piperidine rings is 1. The summed E-state index contributed by atoms with van der Waals surface area (Å²) in [5.41, 5.74) is 2.34. The minimum Gasteiger partial charge on any atom is -0.444 e. The van der Waals surface area contributed by atoms with E-state index >= 15 is 0 Å². The number of benzene rings is 1. The van der Waals surface area contributed by atoms with Gasteiger partial charge in [-0.3, -0.25) is 34.1 Å². The highest BCUT2D eigenvalue weighted by atomic mass is 19.3. The van der Waals surface area contributed by atoms with Crippen molar-refractivity contribution >= 4 is 46.5 Å². The van der Waals surface area contributed by atoms with Gasteiger partial charge >= 0.3 is 0 Å². The molecule has 17 nitrogen and oxygen atoms in total. The Labute approximate surface area is 369 Å². The van der Waals surface area contributed by atoms with E-state index in [9.17, 15) is 28.0 Å². The maximum absolute atomic E-state index is 14.2. The maximum Gasteiger partial charge on any atom is 0.284 e. The van der Waals surface area contributed by atoms with E-state index in [0.717, 1.165) is 57.4 Å². The molecule has 340 valence electrons. The lowest BCUT2D eigenvalue weighted by molar-refractivity contribution is -0.136. The average Bonchev–Trinajstić information content (AvgIpc) is 4.03. The Morgan fingerprint density at radius 1 is 1.06 bits per heavy atom. The molecular formula is C45H54F2N10O7. The number of pyridine rings is 1. The van der Waals surface area contributed by atoms with Crippen LogP contribution in [0.15, 0.2) is 60.0 Å². The van der Waals surface area contributed by atoms with Gasteiger partial charge in [-0.05, 0) is 76.1 Å². The van der Waals surface area contributed by atoms with Gasteiger partial charge in [-0.25, -0.2) is 18.7 Å². The number of carbonyl (C=O) groups excluding carboxylic acids is 4. The van der Waals surface area contributed by atoms with Gasteiger partial charge in [-0.1, -0.05) is 18.7 Å². The number of anilines is 3. The second kappa shape index (κ2) is 20.2. The molecular weight excluding hydrogens is 831 g/mol. The first-order valence-electron chi connectivity index (χ1n) is 22.0. The van der Waals surface area contributed by atoms with Crippen LogP contribution in [0.2, 0.25) is 0 Å². The molecule has 0 bridgehead atoms. The molecule has 4 aliphatic rings. The normalized spacial score (nSPS) is 20.3. The molecule has 1 aliphatic carbocycles. The third kappa shape index (κ3) is 10.2. The number of halogens is 2. The largest absolute Gasteiger partial charge is 0.444 e. The van der Waals surface area contributed by atoms with Gasteiger partial charge in [0.05, 0.1) is 30.5 Å². The van der Waals surface area contributed by atoms with Crippen molar-refractivity contribution in [2.75, 3.05) is 81.7 Å². The summed E-state index contributed by atoms with van der Waals surface area (Å²) in [6, 6.07) is 8.23. The van der Waals surface area contributed by atoms with Gasteiger partial charge in [-0.2, -0.15) is 5.10 Å². The number of aromatic nitrogens is 4. The van der Waals surface area contributed by atoms with Crippen LogP contribution >= 0.6 is 0 Å². The van der Waals surface area contributed by atoms with Crippen molar-refractivity contribution in [3.05, 3.63) is 78.1 Å². The van der Waals surface area contributed by atoms with Crippen LogP contribution in [0.4, 0.5) is 26.0 Å². The van der Waals surface area contributed by atoms with Gasteiger partial charge < -0.3 is 34.3 Å². The molecule has 3 fully saturated rings. The Bertz CT molecular complexity index is 2340. The number of morpholine rings is 1. The van der Waals surface area contributed by atoms with Crippen molar-refractivity contribution in [3.63, 3.8) is 0 Å². The molecule has 0 radical (unpaired) electrons. The summed E-state index contributed by atoms with van der Waals surface area (Å²) in [5.74, 6) is -0.380. The van der Waals surface area contributed by atoms with Crippen molar-refractivity contribution in [2.45, 2.75) is 69.9 Å². The van der Waals surface area contributed by atoms with Crippen LogP contribution < -0.4 is 20.9 Å². The quantitative estimate of drug-likeness (QED) is 0.0809. The molecule has 64 heavy (non-hydrogen) atoms. The summed E-state index contributed by atoms with van der Waals surface area (Å²) in [6.07, 6.45) is 6.91. The summed E-state index contributed by atoms with van der Waals surface area (Å²) >= 11 is 0. The molecule has 1 atom stereocenters. The van der Waals surface area contributed by atoms with E-state index in [-0.39, 0.29) is 48.0 Å². The molecule has 8 rings (SSSR count). The second-order valence-corrected chi connectivity index (χ2v) is 16.7. The number of rotatable bonds is 18. The molecule has 1 saturated carbocycles. The highest BCUT2D eigenvalue weighted by Crippen LogP contribution is 2.39. The van der Waals surface area contributed by atoms with Crippen molar-refractivity contribution < 1.29 is 41.8 Å². The number of nitrogens with one attached hydrogen (secondary N) is 3. The van der Waals surface area contributed by atoms with Crippen LogP contribution in [0.25, 0.3) is 17.2 Å². The summed E-state index contributed by atoms with van der Waals surface area (Å²) in [4.78, 5) is 65.4. The van der Waals surface area contributed by atoms with Crippen molar-refractivity contribution in [1.82, 2.24) is 34.9 Å². The lowest BCUT2D eigenvalue weighted by Crippen LogP contribution is -2.52. The zero-order chi connectivity index (χ0) is 44.7. The molecule has 4 aromatic rings. The van der Waals surface area contributed by atoms with Crippen molar-refractivity contribution in [2.24, 2.45) is 5.92 Å². The van der Waals surface area contributed by atoms with Crippen molar-refractivity contribution in [3.8, 4) is 11.5 Å². The highest BCUT2D eigenvalue weighted by molar-refractivity contribution is 6.15. The molecule has 0 spiro atoms. The fraction of sp³-hybridized carbons (Fsp3) is 0.489. The molecule has 3 aliphatic heterocycles. The molecule has 6 heterocycles. The van der Waals surface area contributed by atoms with Gasteiger partial charge in [0.2, 0.25) is 17.7 Å². The number of fused-ring (bicyclic) bond motifs is 1. The average molecular weight is 885 g/mol. The predicted octanol–water partition coefficient (Wildman–Crippen LogP) is 5.76. The van der Waals surface area contributed by atoms with E-state index in [1.165, 1.54) is 17.4 Å².